The number of hydrogen-bond donors (Lipinski definition) is 0. The maximum absolute atomic E-state index is 11.9. The number of ketones is 1. The maximum atomic E-state index is 11.9. The number of hydrogen-bond acceptors (Lipinski definition) is 5. The van der Waals surface area contributed by atoms with E-state index >= 15 is 0 Å². The molecular weight excluding hydrogens is 256 g/mol. The van der Waals surface area contributed by atoms with Crippen molar-refractivity contribution in [1.82, 2.24) is 0 Å². The van der Waals surface area contributed by atoms with E-state index in [0.717, 1.165) is 5.56 Å². The van der Waals surface area contributed by atoms with Gasteiger partial charge in [-0.15, -0.1) is 0 Å². The molecule has 18 heavy (non-hydrogen) atoms. The Morgan fingerprint density at radius 2 is 1.94 bits per heavy atom. The fourth-order valence-electron chi connectivity index (χ4n) is 1.61. The second-order valence-corrected chi connectivity index (χ2v) is 5.72. The summed E-state index contributed by atoms with van der Waals surface area (Å²) < 4.78 is 33.8. The van der Waals surface area contributed by atoms with Crippen LogP contribution in [0.5, 0.6) is 0 Å². The van der Waals surface area contributed by atoms with Crippen molar-refractivity contribution in [3.05, 3.63) is 29.8 Å². The van der Waals surface area contributed by atoms with E-state index in [9.17, 15) is 13.2 Å². The standard InChI is InChI=1S/C12H14O5S/c1-9-2-4-10(5-3-9)18(14,15)17-12-8-16-7-6-11(12)13/h2-5,12H,6-8H2,1H3. The first kappa shape index (κ1) is 13.2. The van der Waals surface area contributed by atoms with E-state index in [-0.39, 0.29) is 23.7 Å². The third kappa shape index (κ3) is 2.95. The molecule has 1 unspecified atom stereocenters. The number of rotatable bonds is 3. The Hall–Kier alpha value is -1.24. The van der Waals surface area contributed by atoms with E-state index in [1.54, 1.807) is 12.1 Å². The molecule has 98 valence electrons. The lowest BCUT2D eigenvalue weighted by Gasteiger charge is -2.20. The fourth-order valence-corrected chi connectivity index (χ4v) is 2.66. The Morgan fingerprint density at radius 3 is 2.56 bits per heavy atom. The number of ether oxygens (including phenoxy) is 1. The molecule has 0 saturated carbocycles. The first-order valence-electron chi connectivity index (χ1n) is 5.59. The van der Waals surface area contributed by atoms with Crippen LogP contribution in [0.15, 0.2) is 29.2 Å². The van der Waals surface area contributed by atoms with Crippen molar-refractivity contribution in [3.63, 3.8) is 0 Å². The van der Waals surface area contributed by atoms with Crippen molar-refractivity contribution in [2.45, 2.75) is 24.3 Å². The molecule has 0 radical (unpaired) electrons. The Labute approximate surface area is 106 Å². The molecule has 6 heteroatoms. The zero-order valence-corrected chi connectivity index (χ0v) is 10.8. The Kier molecular flexibility index (Phi) is 3.79. The summed E-state index contributed by atoms with van der Waals surface area (Å²) >= 11 is 0. The van der Waals surface area contributed by atoms with Crippen molar-refractivity contribution >= 4 is 15.9 Å². The van der Waals surface area contributed by atoms with Gasteiger partial charge in [0.05, 0.1) is 18.1 Å². The molecule has 1 fully saturated rings. The molecule has 0 aliphatic carbocycles. The maximum Gasteiger partial charge on any atom is 0.297 e. The lowest BCUT2D eigenvalue weighted by molar-refractivity contribution is -0.134. The van der Waals surface area contributed by atoms with Crippen LogP contribution in [0.2, 0.25) is 0 Å². The van der Waals surface area contributed by atoms with Gasteiger partial charge in [-0.1, -0.05) is 17.7 Å². The van der Waals surface area contributed by atoms with Gasteiger partial charge in [0.15, 0.2) is 11.9 Å². The fraction of sp³-hybridized carbons (Fsp3) is 0.417. The van der Waals surface area contributed by atoms with Crippen molar-refractivity contribution in [2.75, 3.05) is 13.2 Å². The molecule has 5 nitrogen and oxygen atoms in total. The number of carbonyl (C=O) groups excluding carboxylic acids is 1. The monoisotopic (exact) mass is 270 g/mol. The van der Waals surface area contributed by atoms with Gasteiger partial charge < -0.3 is 4.74 Å². The summed E-state index contributed by atoms with van der Waals surface area (Å²) in [4.78, 5) is 11.5. The first-order chi connectivity index (χ1) is 8.49. The minimum absolute atomic E-state index is 0.01000. The van der Waals surface area contributed by atoms with Crippen LogP contribution in [-0.2, 0) is 23.8 Å². The van der Waals surface area contributed by atoms with Gasteiger partial charge in [0, 0.05) is 6.42 Å². The molecular formula is C12H14O5S. The smallest absolute Gasteiger partial charge is 0.297 e. The molecule has 1 saturated heterocycles. The van der Waals surface area contributed by atoms with E-state index in [2.05, 4.69) is 0 Å². The number of aryl methyl sites for hydroxylation is 1. The summed E-state index contributed by atoms with van der Waals surface area (Å²) in [6, 6.07) is 6.27. The normalized spacial score (nSPS) is 20.9. The number of benzene rings is 1. The molecule has 0 bridgehead atoms. The molecule has 0 spiro atoms. The predicted molar refractivity (Wildman–Crippen MR) is 63.7 cm³/mol. The van der Waals surface area contributed by atoms with Gasteiger partial charge in [-0.25, -0.2) is 0 Å². The number of carbonyl (C=O) groups is 1. The highest BCUT2D eigenvalue weighted by atomic mass is 32.2. The Bertz CT molecular complexity index is 532. The molecule has 0 aromatic heterocycles. The first-order valence-corrected chi connectivity index (χ1v) is 7.00. The van der Waals surface area contributed by atoms with Crippen molar-refractivity contribution in [2.24, 2.45) is 0 Å². The van der Waals surface area contributed by atoms with E-state index < -0.39 is 16.2 Å². The van der Waals surface area contributed by atoms with Gasteiger partial charge in [0.2, 0.25) is 0 Å². The van der Waals surface area contributed by atoms with Crippen LogP contribution in [0.3, 0.4) is 0 Å². The van der Waals surface area contributed by atoms with E-state index in [0.29, 0.717) is 6.61 Å². The van der Waals surface area contributed by atoms with Gasteiger partial charge in [0.1, 0.15) is 0 Å². The second-order valence-electron chi connectivity index (χ2n) is 4.14. The van der Waals surface area contributed by atoms with Crippen molar-refractivity contribution in [3.8, 4) is 0 Å². The van der Waals surface area contributed by atoms with Crippen LogP contribution in [0.4, 0.5) is 0 Å². The van der Waals surface area contributed by atoms with Gasteiger partial charge in [-0.05, 0) is 19.1 Å². The molecule has 0 N–H and O–H groups in total. The largest absolute Gasteiger partial charge is 0.378 e. The van der Waals surface area contributed by atoms with Crippen LogP contribution < -0.4 is 0 Å². The zero-order chi connectivity index (χ0) is 13.2. The highest BCUT2D eigenvalue weighted by Crippen LogP contribution is 2.17. The SMILES string of the molecule is Cc1ccc(S(=O)(=O)OC2COCCC2=O)cc1. The molecule has 1 aliphatic rings. The van der Waals surface area contributed by atoms with Crippen molar-refractivity contribution in [1.29, 1.82) is 0 Å². The second kappa shape index (κ2) is 5.17. The van der Waals surface area contributed by atoms with Gasteiger partial charge in [-0.2, -0.15) is 8.42 Å². The lowest BCUT2D eigenvalue weighted by atomic mass is 10.1. The summed E-state index contributed by atoms with van der Waals surface area (Å²) in [5, 5.41) is 0. The topological polar surface area (TPSA) is 69.7 Å². The molecule has 1 aliphatic heterocycles. The molecule has 1 aromatic rings. The van der Waals surface area contributed by atoms with E-state index in [1.807, 2.05) is 6.92 Å². The van der Waals surface area contributed by atoms with Gasteiger partial charge in [-0.3, -0.25) is 8.98 Å². The van der Waals surface area contributed by atoms with Gasteiger partial charge in [0.25, 0.3) is 10.1 Å². The lowest BCUT2D eigenvalue weighted by Crippen LogP contribution is -2.36. The predicted octanol–water partition coefficient (Wildman–Crippen LogP) is 1.06. The third-order valence-corrected chi connectivity index (χ3v) is 4.01. The van der Waals surface area contributed by atoms with E-state index in [1.165, 1.54) is 12.1 Å². The van der Waals surface area contributed by atoms with Gasteiger partial charge >= 0.3 is 0 Å². The van der Waals surface area contributed by atoms with Crippen LogP contribution in [0.25, 0.3) is 0 Å². The average molecular weight is 270 g/mol. The molecule has 1 atom stereocenters. The summed E-state index contributed by atoms with van der Waals surface area (Å²) in [6.45, 7) is 2.17. The average Bonchev–Trinajstić information content (AvgIpc) is 2.32. The minimum Gasteiger partial charge on any atom is -0.378 e. The van der Waals surface area contributed by atoms with Crippen LogP contribution >= 0.6 is 0 Å². The molecule has 0 amide bonds. The van der Waals surface area contributed by atoms with Crippen LogP contribution in [0, 0.1) is 6.92 Å². The molecule has 2 rings (SSSR count). The van der Waals surface area contributed by atoms with Crippen LogP contribution in [-0.4, -0.2) is 33.5 Å². The van der Waals surface area contributed by atoms with E-state index in [4.69, 9.17) is 8.92 Å². The van der Waals surface area contributed by atoms with Crippen molar-refractivity contribution < 1.29 is 22.1 Å². The summed E-state index contributed by atoms with van der Waals surface area (Å²) in [5.41, 5.74) is 0.950. The summed E-state index contributed by atoms with van der Waals surface area (Å²) in [6.07, 6.45) is -0.835. The molecule has 1 aromatic carbocycles. The Morgan fingerprint density at radius 1 is 1.28 bits per heavy atom. The summed E-state index contributed by atoms with van der Waals surface area (Å²) in [5.74, 6) is -0.239. The number of Topliss-reactive ketones (excluding diaryl/α,β-unsaturated/α-hetero) is 1. The van der Waals surface area contributed by atoms with Crippen LogP contribution in [0.1, 0.15) is 12.0 Å². The molecule has 1 heterocycles. The minimum atomic E-state index is -3.91. The zero-order valence-electron chi connectivity index (χ0n) is 9.96. The highest BCUT2D eigenvalue weighted by molar-refractivity contribution is 7.86. The summed E-state index contributed by atoms with van der Waals surface area (Å²) in [7, 11) is -3.91. The third-order valence-electron chi connectivity index (χ3n) is 2.67. The Balaban J connectivity index is 2.16. The highest BCUT2D eigenvalue weighted by Gasteiger charge is 2.29. The quantitative estimate of drug-likeness (QED) is 0.768.